The van der Waals surface area contributed by atoms with Gasteiger partial charge in [-0.15, -0.1) is 0 Å². The van der Waals surface area contributed by atoms with Gasteiger partial charge in [-0.1, -0.05) is 24.3 Å². The van der Waals surface area contributed by atoms with Crippen LogP contribution in [0.5, 0.6) is 0 Å². The van der Waals surface area contributed by atoms with Crippen molar-refractivity contribution in [2.75, 3.05) is 4.72 Å². The van der Waals surface area contributed by atoms with Gasteiger partial charge >= 0.3 is 0 Å². The van der Waals surface area contributed by atoms with E-state index in [0.717, 1.165) is 11.3 Å². The van der Waals surface area contributed by atoms with Crippen LogP contribution in [0.2, 0.25) is 0 Å². The van der Waals surface area contributed by atoms with Gasteiger partial charge < -0.3 is 0 Å². The standard InChI is InChI=1S/C19H20N4O2S/c1-14-19(15(2)23(3)21-14)26(24,25)22-18-9-6-7-16(13-18)10-11-17-8-4-5-12-20-17/h4-13,22H,1-3H3/b11-10+. The first-order valence-corrected chi connectivity index (χ1v) is 9.57. The van der Waals surface area contributed by atoms with Crippen LogP contribution in [0.4, 0.5) is 5.69 Å². The lowest BCUT2D eigenvalue weighted by atomic mass is 10.2. The molecule has 134 valence electrons. The van der Waals surface area contributed by atoms with Gasteiger partial charge in [-0.05, 0) is 49.8 Å². The zero-order valence-electron chi connectivity index (χ0n) is 14.8. The molecule has 3 rings (SSSR count). The number of nitrogens with one attached hydrogen (secondary N) is 1. The molecule has 7 heteroatoms. The molecular weight excluding hydrogens is 348 g/mol. The van der Waals surface area contributed by atoms with E-state index in [2.05, 4.69) is 14.8 Å². The molecule has 0 amide bonds. The van der Waals surface area contributed by atoms with Crippen molar-refractivity contribution in [3.05, 3.63) is 71.3 Å². The Morgan fingerprint density at radius 3 is 2.54 bits per heavy atom. The van der Waals surface area contributed by atoms with Gasteiger partial charge in [0.15, 0.2) is 0 Å². The van der Waals surface area contributed by atoms with E-state index in [1.54, 1.807) is 50.0 Å². The van der Waals surface area contributed by atoms with Crippen molar-refractivity contribution in [3.63, 3.8) is 0 Å². The molecule has 0 atom stereocenters. The summed E-state index contributed by atoms with van der Waals surface area (Å²) in [7, 11) is -1.98. The Balaban J connectivity index is 1.86. The Morgan fingerprint density at radius 2 is 1.88 bits per heavy atom. The second-order valence-electron chi connectivity index (χ2n) is 5.94. The predicted molar refractivity (Wildman–Crippen MR) is 103 cm³/mol. The van der Waals surface area contributed by atoms with Crippen molar-refractivity contribution in [2.24, 2.45) is 7.05 Å². The third-order valence-corrected chi connectivity index (χ3v) is 5.62. The lowest BCUT2D eigenvalue weighted by molar-refractivity contribution is 0.599. The van der Waals surface area contributed by atoms with Crippen LogP contribution in [0.25, 0.3) is 12.2 Å². The molecule has 0 fully saturated rings. The van der Waals surface area contributed by atoms with Crippen LogP contribution in [0.15, 0.2) is 53.6 Å². The SMILES string of the molecule is Cc1nn(C)c(C)c1S(=O)(=O)Nc1cccc(/C=C/c2ccccn2)c1. The minimum Gasteiger partial charge on any atom is -0.279 e. The maximum atomic E-state index is 12.8. The van der Waals surface area contributed by atoms with Gasteiger partial charge in [-0.25, -0.2) is 8.42 Å². The van der Waals surface area contributed by atoms with Gasteiger partial charge in [0.2, 0.25) is 0 Å². The van der Waals surface area contributed by atoms with E-state index in [9.17, 15) is 8.42 Å². The van der Waals surface area contributed by atoms with E-state index < -0.39 is 10.0 Å². The minimum atomic E-state index is -3.71. The number of hydrogen-bond acceptors (Lipinski definition) is 4. The van der Waals surface area contributed by atoms with Crippen LogP contribution in [-0.2, 0) is 17.1 Å². The highest BCUT2D eigenvalue weighted by atomic mass is 32.2. The molecule has 1 N–H and O–H groups in total. The quantitative estimate of drug-likeness (QED) is 0.749. The summed E-state index contributed by atoms with van der Waals surface area (Å²) in [6.07, 6.45) is 5.49. The average molecular weight is 368 g/mol. The number of hydrogen-bond donors (Lipinski definition) is 1. The van der Waals surface area contributed by atoms with Crippen molar-refractivity contribution in [1.82, 2.24) is 14.8 Å². The topological polar surface area (TPSA) is 76.9 Å². The summed E-state index contributed by atoms with van der Waals surface area (Å²) in [4.78, 5) is 4.45. The van der Waals surface area contributed by atoms with E-state index >= 15 is 0 Å². The van der Waals surface area contributed by atoms with Crippen LogP contribution in [0.3, 0.4) is 0 Å². The Bertz CT molecular complexity index is 1050. The van der Waals surface area contributed by atoms with Crippen molar-refractivity contribution < 1.29 is 8.42 Å². The molecule has 26 heavy (non-hydrogen) atoms. The molecule has 0 spiro atoms. The average Bonchev–Trinajstić information content (AvgIpc) is 2.86. The predicted octanol–water partition coefficient (Wildman–Crippen LogP) is 3.40. The maximum absolute atomic E-state index is 12.8. The molecule has 3 aromatic rings. The van der Waals surface area contributed by atoms with E-state index in [4.69, 9.17) is 0 Å². The molecule has 6 nitrogen and oxygen atoms in total. The highest BCUT2D eigenvalue weighted by Gasteiger charge is 2.23. The molecule has 2 aromatic heterocycles. The first kappa shape index (κ1) is 17.9. The molecule has 0 saturated carbocycles. The summed E-state index contributed by atoms with van der Waals surface area (Å²) >= 11 is 0. The first-order valence-electron chi connectivity index (χ1n) is 8.09. The lowest BCUT2D eigenvalue weighted by Crippen LogP contribution is -2.15. The summed E-state index contributed by atoms with van der Waals surface area (Å²) in [6.45, 7) is 3.42. The Morgan fingerprint density at radius 1 is 1.08 bits per heavy atom. The number of aryl methyl sites for hydroxylation is 2. The number of nitrogens with zero attached hydrogens (tertiary/aromatic N) is 3. The van der Waals surface area contributed by atoms with Gasteiger partial charge in [-0.2, -0.15) is 5.10 Å². The van der Waals surface area contributed by atoms with Crippen LogP contribution in [-0.4, -0.2) is 23.2 Å². The number of rotatable bonds is 5. The highest BCUT2D eigenvalue weighted by Crippen LogP contribution is 2.23. The number of benzene rings is 1. The van der Waals surface area contributed by atoms with Crippen LogP contribution in [0.1, 0.15) is 22.6 Å². The van der Waals surface area contributed by atoms with Crippen molar-refractivity contribution >= 4 is 27.9 Å². The summed E-state index contributed by atoms with van der Waals surface area (Å²) in [5.41, 5.74) is 3.27. The number of anilines is 1. The zero-order chi connectivity index (χ0) is 18.7. The third kappa shape index (κ3) is 3.83. The molecule has 0 aliphatic heterocycles. The Kier molecular flexibility index (Phi) is 4.90. The van der Waals surface area contributed by atoms with E-state index in [1.807, 2.05) is 36.4 Å². The van der Waals surface area contributed by atoms with Crippen LogP contribution >= 0.6 is 0 Å². The molecule has 0 unspecified atom stereocenters. The molecule has 2 heterocycles. The molecular formula is C19H20N4O2S. The monoisotopic (exact) mass is 368 g/mol. The van der Waals surface area contributed by atoms with E-state index in [-0.39, 0.29) is 4.90 Å². The van der Waals surface area contributed by atoms with Gasteiger partial charge in [-0.3, -0.25) is 14.4 Å². The van der Waals surface area contributed by atoms with E-state index in [0.29, 0.717) is 17.1 Å². The van der Waals surface area contributed by atoms with Gasteiger partial charge in [0, 0.05) is 18.9 Å². The fourth-order valence-electron chi connectivity index (χ4n) is 2.71. The van der Waals surface area contributed by atoms with Gasteiger partial charge in [0.25, 0.3) is 10.0 Å². The number of pyridine rings is 1. The third-order valence-electron chi connectivity index (χ3n) is 3.98. The summed E-state index contributed by atoms with van der Waals surface area (Å²) in [5.74, 6) is 0. The minimum absolute atomic E-state index is 0.217. The van der Waals surface area contributed by atoms with Crippen molar-refractivity contribution in [2.45, 2.75) is 18.7 Å². The van der Waals surface area contributed by atoms with Gasteiger partial charge in [0.1, 0.15) is 4.90 Å². The lowest BCUT2D eigenvalue weighted by Gasteiger charge is -2.09. The van der Waals surface area contributed by atoms with E-state index in [1.165, 1.54) is 0 Å². The van der Waals surface area contributed by atoms with Gasteiger partial charge in [0.05, 0.1) is 17.1 Å². The molecule has 0 saturated heterocycles. The van der Waals surface area contributed by atoms with Crippen LogP contribution < -0.4 is 4.72 Å². The molecule has 0 radical (unpaired) electrons. The number of aromatic nitrogens is 3. The maximum Gasteiger partial charge on any atom is 0.265 e. The molecule has 0 bridgehead atoms. The van der Waals surface area contributed by atoms with Crippen LogP contribution in [0, 0.1) is 13.8 Å². The van der Waals surface area contributed by atoms with Crippen molar-refractivity contribution in [3.8, 4) is 0 Å². The molecule has 0 aliphatic carbocycles. The molecule has 0 aliphatic rings. The number of sulfonamides is 1. The second kappa shape index (κ2) is 7.13. The summed E-state index contributed by atoms with van der Waals surface area (Å²) in [5, 5.41) is 4.18. The Labute approximate surface area is 153 Å². The fraction of sp³-hybridized carbons (Fsp3) is 0.158. The smallest absolute Gasteiger partial charge is 0.265 e. The highest BCUT2D eigenvalue weighted by molar-refractivity contribution is 7.92. The van der Waals surface area contributed by atoms with Crippen molar-refractivity contribution in [1.29, 1.82) is 0 Å². The fourth-order valence-corrected chi connectivity index (χ4v) is 4.20. The molecule has 1 aromatic carbocycles. The zero-order valence-corrected chi connectivity index (χ0v) is 15.7. The second-order valence-corrected chi connectivity index (χ2v) is 7.56. The first-order chi connectivity index (χ1) is 12.4. The summed E-state index contributed by atoms with van der Waals surface area (Å²) in [6, 6.07) is 12.9. The normalized spacial score (nSPS) is 11.8. The Hall–Kier alpha value is -2.93. The summed E-state index contributed by atoms with van der Waals surface area (Å²) < 4.78 is 29.7. The largest absolute Gasteiger partial charge is 0.279 e.